The van der Waals surface area contributed by atoms with Gasteiger partial charge in [-0.05, 0) is 23.1 Å². The van der Waals surface area contributed by atoms with Crippen LogP contribution in [0.25, 0.3) is 6.08 Å². The van der Waals surface area contributed by atoms with Gasteiger partial charge < -0.3 is 5.11 Å². The predicted molar refractivity (Wildman–Crippen MR) is 74.2 cm³/mol. The van der Waals surface area contributed by atoms with Gasteiger partial charge >= 0.3 is 0 Å². The summed E-state index contributed by atoms with van der Waals surface area (Å²) in [5, 5.41) is 10.0. The van der Waals surface area contributed by atoms with Crippen LogP contribution in [0, 0.1) is 0 Å². The average molecular weight is 236 g/mol. The maximum Gasteiger partial charge on any atom is 0.0801 e. The smallest absolute Gasteiger partial charge is 0.0801 e. The minimum atomic E-state index is -0.313. The Morgan fingerprint density at radius 2 is 1.56 bits per heavy atom. The van der Waals surface area contributed by atoms with Gasteiger partial charge in [-0.2, -0.15) is 0 Å². The molecule has 0 bridgehead atoms. The Labute approximate surface area is 107 Å². The highest BCUT2D eigenvalue weighted by atomic mass is 16.3. The van der Waals surface area contributed by atoms with Gasteiger partial charge in [-0.15, -0.1) is 0 Å². The van der Waals surface area contributed by atoms with Gasteiger partial charge in [-0.3, -0.25) is 0 Å². The standard InChI is InChI=1S/C17H16O/c18-17-12-14(15-8-4-5-9-16(15)17)11-10-13-6-2-1-3-7-13/h1-11,14,17-18H,12H2/b11-10+/t14-,17+/m0/s1. The maximum atomic E-state index is 10.0. The van der Waals surface area contributed by atoms with Crippen molar-refractivity contribution in [3.63, 3.8) is 0 Å². The lowest BCUT2D eigenvalue weighted by Crippen LogP contribution is -1.89. The summed E-state index contributed by atoms with van der Waals surface area (Å²) >= 11 is 0. The SMILES string of the molecule is O[C@@H]1C[C@H](/C=C/c2ccccc2)c2ccccc21. The molecule has 3 rings (SSSR count). The van der Waals surface area contributed by atoms with Gasteiger partial charge in [0.25, 0.3) is 0 Å². The van der Waals surface area contributed by atoms with Crippen molar-refractivity contribution in [1.29, 1.82) is 0 Å². The zero-order chi connectivity index (χ0) is 12.4. The number of rotatable bonds is 2. The van der Waals surface area contributed by atoms with Crippen LogP contribution in [0.3, 0.4) is 0 Å². The summed E-state index contributed by atoms with van der Waals surface area (Å²) in [6.07, 6.45) is 4.82. The molecule has 0 fully saturated rings. The van der Waals surface area contributed by atoms with Gasteiger partial charge in [0.05, 0.1) is 6.10 Å². The molecule has 0 spiro atoms. The van der Waals surface area contributed by atoms with Gasteiger partial charge in [-0.25, -0.2) is 0 Å². The third kappa shape index (κ3) is 2.09. The van der Waals surface area contributed by atoms with E-state index in [1.807, 2.05) is 36.4 Å². The summed E-state index contributed by atoms with van der Waals surface area (Å²) in [6.45, 7) is 0. The number of aliphatic hydroxyl groups excluding tert-OH is 1. The summed E-state index contributed by atoms with van der Waals surface area (Å²) < 4.78 is 0. The van der Waals surface area contributed by atoms with Crippen molar-refractivity contribution in [3.05, 3.63) is 77.4 Å². The molecule has 0 aliphatic heterocycles. The van der Waals surface area contributed by atoms with Crippen LogP contribution in [0.15, 0.2) is 60.7 Å². The minimum Gasteiger partial charge on any atom is -0.388 e. The second kappa shape index (κ2) is 4.79. The van der Waals surface area contributed by atoms with Crippen molar-refractivity contribution >= 4 is 6.08 Å². The zero-order valence-corrected chi connectivity index (χ0v) is 10.2. The molecule has 2 aromatic carbocycles. The molecule has 0 unspecified atom stereocenters. The molecule has 0 aromatic heterocycles. The van der Waals surface area contributed by atoms with E-state index in [1.165, 1.54) is 11.1 Å². The van der Waals surface area contributed by atoms with Crippen LogP contribution in [0.5, 0.6) is 0 Å². The molecule has 2 atom stereocenters. The first-order chi connectivity index (χ1) is 8.84. The topological polar surface area (TPSA) is 20.2 Å². The summed E-state index contributed by atoms with van der Waals surface area (Å²) in [4.78, 5) is 0. The maximum absolute atomic E-state index is 10.0. The highest BCUT2D eigenvalue weighted by Crippen LogP contribution is 2.40. The molecule has 18 heavy (non-hydrogen) atoms. The van der Waals surface area contributed by atoms with E-state index < -0.39 is 0 Å². The Balaban J connectivity index is 1.86. The molecule has 1 aliphatic rings. The lowest BCUT2D eigenvalue weighted by Gasteiger charge is -2.04. The van der Waals surface area contributed by atoms with Crippen LogP contribution in [0.2, 0.25) is 0 Å². The van der Waals surface area contributed by atoms with Crippen molar-refractivity contribution in [2.24, 2.45) is 0 Å². The third-order valence-corrected chi connectivity index (χ3v) is 3.55. The molecular weight excluding hydrogens is 220 g/mol. The summed E-state index contributed by atoms with van der Waals surface area (Å²) in [6, 6.07) is 18.5. The van der Waals surface area contributed by atoms with E-state index in [1.54, 1.807) is 0 Å². The van der Waals surface area contributed by atoms with Gasteiger partial charge in [0.1, 0.15) is 0 Å². The molecule has 0 heterocycles. The van der Waals surface area contributed by atoms with E-state index in [0.29, 0.717) is 5.92 Å². The number of hydrogen-bond donors (Lipinski definition) is 1. The fraction of sp³-hybridized carbons (Fsp3) is 0.176. The van der Waals surface area contributed by atoms with Gasteiger partial charge in [0.15, 0.2) is 0 Å². The first-order valence-corrected chi connectivity index (χ1v) is 6.35. The Morgan fingerprint density at radius 3 is 2.33 bits per heavy atom. The van der Waals surface area contributed by atoms with Crippen LogP contribution in [0.4, 0.5) is 0 Å². The van der Waals surface area contributed by atoms with Gasteiger partial charge in [-0.1, -0.05) is 66.7 Å². The third-order valence-electron chi connectivity index (χ3n) is 3.55. The predicted octanol–water partition coefficient (Wildman–Crippen LogP) is 3.92. The fourth-order valence-electron chi connectivity index (χ4n) is 2.62. The molecular formula is C17H16O. The van der Waals surface area contributed by atoms with Crippen LogP contribution < -0.4 is 0 Å². The average Bonchev–Trinajstić information content (AvgIpc) is 2.75. The van der Waals surface area contributed by atoms with Crippen LogP contribution in [0.1, 0.15) is 35.1 Å². The van der Waals surface area contributed by atoms with E-state index >= 15 is 0 Å². The summed E-state index contributed by atoms with van der Waals surface area (Å²) in [5.74, 6) is 0.330. The van der Waals surface area contributed by atoms with Crippen molar-refractivity contribution in [3.8, 4) is 0 Å². The van der Waals surface area contributed by atoms with Crippen molar-refractivity contribution in [1.82, 2.24) is 0 Å². The molecule has 0 amide bonds. The molecule has 90 valence electrons. The highest BCUT2D eigenvalue weighted by Gasteiger charge is 2.26. The number of aliphatic hydroxyl groups is 1. The lowest BCUT2D eigenvalue weighted by molar-refractivity contribution is 0.177. The molecule has 1 heteroatoms. The summed E-state index contributed by atoms with van der Waals surface area (Å²) in [5.41, 5.74) is 3.55. The Kier molecular flexibility index (Phi) is 2.99. The monoisotopic (exact) mass is 236 g/mol. The van der Waals surface area contributed by atoms with Crippen molar-refractivity contribution in [2.45, 2.75) is 18.4 Å². The van der Waals surface area contributed by atoms with E-state index in [2.05, 4.69) is 30.4 Å². The molecule has 2 aromatic rings. The fourth-order valence-corrected chi connectivity index (χ4v) is 2.62. The van der Waals surface area contributed by atoms with Crippen LogP contribution in [-0.2, 0) is 0 Å². The van der Waals surface area contributed by atoms with Gasteiger partial charge in [0, 0.05) is 5.92 Å². The Hall–Kier alpha value is -1.86. The van der Waals surface area contributed by atoms with Crippen molar-refractivity contribution < 1.29 is 5.11 Å². The number of fused-ring (bicyclic) bond motifs is 1. The molecule has 0 radical (unpaired) electrons. The second-order valence-corrected chi connectivity index (χ2v) is 4.76. The molecule has 1 nitrogen and oxygen atoms in total. The number of hydrogen-bond acceptors (Lipinski definition) is 1. The zero-order valence-electron chi connectivity index (χ0n) is 10.2. The van der Waals surface area contributed by atoms with Crippen LogP contribution in [-0.4, -0.2) is 5.11 Å². The minimum absolute atomic E-state index is 0.313. The van der Waals surface area contributed by atoms with E-state index in [-0.39, 0.29) is 6.10 Å². The normalized spacial score (nSPS) is 22.3. The largest absolute Gasteiger partial charge is 0.388 e. The number of benzene rings is 2. The Morgan fingerprint density at radius 1 is 0.889 bits per heavy atom. The molecule has 0 saturated heterocycles. The van der Waals surface area contributed by atoms with E-state index in [4.69, 9.17) is 0 Å². The lowest BCUT2D eigenvalue weighted by atomic mass is 10.00. The first kappa shape index (κ1) is 11.2. The number of allylic oxidation sites excluding steroid dienone is 1. The highest BCUT2D eigenvalue weighted by molar-refractivity contribution is 5.52. The van der Waals surface area contributed by atoms with E-state index in [9.17, 15) is 5.11 Å². The van der Waals surface area contributed by atoms with E-state index in [0.717, 1.165) is 12.0 Å². The van der Waals surface area contributed by atoms with Crippen molar-refractivity contribution in [2.75, 3.05) is 0 Å². The molecule has 1 aliphatic carbocycles. The van der Waals surface area contributed by atoms with Crippen LogP contribution >= 0.6 is 0 Å². The first-order valence-electron chi connectivity index (χ1n) is 6.35. The quantitative estimate of drug-likeness (QED) is 0.837. The summed E-state index contributed by atoms with van der Waals surface area (Å²) in [7, 11) is 0. The second-order valence-electron chi connectivity index (χ2n) is 4.76. The Bertz CT molecular complexity index is 557. The van der Waals surface area contributed by atoms with Gasteiger partial charge in [0.2, 0.25) is 0 Å². The molecule has 1 N–H and O–H groups in total. The molecule has 0 saturated carbocycles.